The van der Waals surface area contributed by atoms with E-state index in [-0.39, 0.29) is 17.5 Å². The minimum absolute atomic E-state index is 0.0567. The zero-order valence-electron chi connectivity index (χ0n) is 18.0. The zero-order chi connectivity index (χ0) is 20.6. The van der Waals surface area contributed by atoms with Gasteiger partial charge in [-0.15, -0.1) is 0 Å². The molecule has 0 bridgehead atoms. The third-order valence-electron chi connectivity index (χ3n) is 6.51. The van der Waals surface area contributed by atoms with Crippen molar-refractivity contribution in [2.45, 2.75) is 64.2 Å². The second kappa shape index (κ2) is 8.23. The van der Waals surface area contributed by atoms with Crippen molar-refractivity contribution in [1.29, 1.82) is 0 Å². The third kappa shape index (κ3) is 4.43. The average Bonchev–Trinajstić information content (AvgIpc) is 2.72. The van der Waals surface area contributed by atoms with Gasteiger partial charge in [0.1, 0.15) is 6.17 Å². The SMILES string of the molecule is CC(C)(C)c1cc2c(c([C@@H]3COCCN3)c1)CN(C(=O)N1CCC(F)CC1)CC2. The van der Waals surface area contributed by atoms with Crippen LogP contribution in [0.3, 0.4) is 0 Å². The van der Waals surface area contributed by atoms with Gasteiger partial charge in [-0.1, -0.05) is 32.9 Å². The Balaban J connectivity index is 1.61. The van der Waals surface area contributed by atoms with E-state index in [2.05, 4.69) is 38.2 Å². The van der Waals surface area contributed by atoms with Gasteiger partial charge in [0.15, 0.2) is 0 Å². The van der Waals surface area contributed by atoms with Crippen molar-refractivity contribution in [3.63, 3.8) is 0 Å². The maximum absolute atomic E-state index is 13.5. The molecule has 160 valence electrons. The lowest BCUT2D eigenvalue weighted by atomic mass is 9.80. The summed E-state index contributed by atoms with van der Waals surface area (Å²) in [6.45, 7) is 11.4. The van der Waals surface area contributed by atoms with E-state index in [1.807, 2.05) is 9.80 Å². The number of carbonyl (C=O) groups excluding carboxylic acids is 1. The summed E-state index contributed by atoms with van der Waals surface area (Å²) in [7, 11) is 0. The number of urea groups is 1. The number of amides is 2. The highest BCUT2D eigenvalue weighted by molar-refractivity contribution is 5.75. The Bertz CT molecular complexity index is 747. The molecule has 0 unspecified atom stereocenters. The Morgan fingerprint density at radius 1 is 1.17 bits per heavy atom. The van der Waals surface area contributed by atoms with Crippen LogP contribution in [-0.2, 0) is 23.1 Å². The topological polar surface area (TPSA) is 44.8 Å². The molecule has 0 radical (unpaired) electrons. The molecule has 5 nitrogen and oxygen atoms in total. The van der Waals surface area contributed by atoms with E-state index in [1.54, 1.807) is 0 Å². The van der Waals surface area contributed by atoms with Gasteiger partial charge in [-0.3, -0.25) is 0 Å². The molecule has 6 heteroatoms. The van der Waals surface area contributed by atoms with Crippen LogP contribution in [0.1, 0.15) is 61.9 Å². The summed E-state index contributed by atoms with van der Waals surface area (Å²) in [6.07, 6.45) is 1.02. The summed E-state index contributed by atoms with van der Waals surface area (Å²) in [6, 6.07) is 4.87. The third-order valence-corrected chi connectivity index (χ3v) is 6.51. The molecule has 1 aromatic carbocycles. The fraction of sp³-hybridized carbons (Fsp3) is 0.696. The number of nitrogens with one attached hydrogen (secondary N) is 1. The first kappa shape index (κ1) is 20.6. The Morgan fingerprint density at radius 3 is 2.59 bits per heavy atom. The van der Waals surface area contributed by atoms with Gasteiger partial charge in [-0.2, -0.15) is 0 Å². The standard InChI is InChI=1S/C23H34FN3O2/c1-23(2,3)17-12-16-4-8-27(22(28)26-9-5-18(24)6-10-26)14-20(16)19(13-17)21-15-29-11-7-25-21/h12-13,18,21,25H,4-11,14-15H2,1-3H3/t21-/m0/s1. The highest BCUT2D eigenvalue weighted by Crippen LogP contribution is 2.34. The van der Waals surface area contributed by atoms with Crippen molar-refractivity contribution in [1.82, 2.24) is 15.1 Å². The fourth-order valence-corrected chi connectivity index (χ4v) is 4.61. The fourth-order valence-electron chi connectivity index (χ4n) is 4.61. The number of likely N-dealkylation sites (tertiary alicyclic amines) is 1. The van der Waals surface area contributed by atoms with E-state index < -0.39 is 6.17 Å². The summed E-state index contributed by atoms with van der Waals surface area (Å²) in [5.41, 5.74) is 5.30. The number of fused-ring (bicyclic) bond motifs is 1. The number of halogens is 1. The summed E-state index contributed by atoms with van der Waals surface area (Å²) in [5, 5.41) is 3.60. The smallest absolute Gasteiger partial charge is 0.320 e. The van der Waals surface area contributed by atoms with Gasteiger partial charge in [0, 0.05) is 32.7 Å². The number of benzene rings is 1. The van der Waals surface area contributed by atoms with Crippen molar-refractivity contribution in [3.8, 4) is 0 Å². The van der Waals surface area contributed by atoms with Crippen LogP contribution in [0.4, 0.5) is 9.18 Å². The number of hydrogen-bond acceptors (Lipinski definition) is 3. The molecule has 2 amide bonds. The second-order valence-electron chi connectivity index (χ2n) is 9.65. The molecular weight excluding hydrogens is 369 g/mol. The normalized spacial score (nSPS) is 23.8. The Hall–Kier alpha value is -1.66. The Morgan fingerprint density at radius 2 is 1.93 bits per heavy atom. The van der Waals surface area contributed by atoms with Gasteiger partial charge >= 0.3 is 6.03 Å². The molecule has 0 aromatic heterocycles. The van der Waals surface area contributed by atoms with E-state index in [4.69, 9.17) is 4.74 Å². The van der Waals surface area contributed by atoms with Crippen LogP contribution >= 0.6 is 0 Å². The van der Waals surface area contributed by atoms with E-state index in [9.17, 15) is 9.18 Å². The van der Waals surface area contributed by atoms with Gasteiger partial charge < -0.3 is 19.9 Å². The predicted molar refractivity (Wildman–Crippen MR) is 112 cm³/mol. The van der Waals surface area contributed by atoms with Crippen LogP contribution in [0, 0.1) is 0 Å². The molecule has 1 aromatic rings. The lowest BCUT2D eigenvalue weighted by Crippen LogP contribution is -2.49. The maximum Gasteiger partial charge on any atom is 0.320 e. The number of nitrogens with zero attached hydrogens (tertiary/aromatic N) is 2. The van der Waals surface area contributed by atoms with Gasteiger partial charge in [-0.25, -0.2) is 9.18 Å². The highest BCUT2D eigenvalue weighted by atomic mass is 19.1. The van der Waals surface area contributed by atoms with Gasteiger partial charge in [0.05, 0.1) is 19.3 Å². The molecular formula is C23H34FN3O2. The highest BCUT2D eigenvalue weighted by Gasteiger charge is 2.32. The Labute approximate surface area is 173 Å². The van der Waals surface area contributed by atoms with E-state index in [0.717, 1.165) is 26.1 Å². The van der Waals surface area contributed by atoms with Crippen LogP contribution in [0.2, 0.25) is 0 Å². The minimum Gasteiger partial charge on any atom is -0.378 e. The van der Waals surface area contributed by atoms with Crippen molar-refractivity contribution in [2.75, 3.05) is 39.4 Å². The van der Waals surface area contributed by atoms with E-state index in [0.29, 0.717) is 39.1 Å². The molecule has 0 spiro atoms. The number of rotatable bonds is 1. The summed E-state index contributed by atoms with van der Waals surface area (Å²) >= 11 is 0. The quantitative estimate of drug-likeness (QED) is 0.780. The van der Waals surface area contributed by atoms with Crippen molar-refractivity contribution >= 4 is 6.03 Å². The van der Waals surface area contributed by atoms with Crippen molar-refractivity contribution < 1.29 is 13.9 Å². The molecule has 2 saturated heterocycles. The lowest BCUT2D eigenvalue weighted by Gasteiger charge is -2.38. The number of ether oxygens (including phenoxy) is 1. The summed E-state index contributed by atoms with van der Waals surface area (Å²) in [5.74, 6) is 0. The van der Waals surface area contributed by atoms with Crippen LogP contribution in [0.15, 0.2) is 12.1 Å². The number of carbonyl (C=O) groups is 1. The number of alkyl halides is 1. The van der Waals surface area contributed by atoms with Gasteiger partial charge in [0.25, 0.3) is 0 Å². The first-order chi connectivity index (χ1) is 13.8. The minimum atomic E-state index is -0.763. The molecule has 3 heterocycles. The molecule has 0 saturated carbocycles. The van der Waals surface area contributed by atoms with Gasteiger partial charge in [-0.05, 0) is 46.9 Å². The lowest BCUT2D eigenvalue weighted by molar-refractivity contribution is 0.0760. The molecule has 1 atom stereocenters. The average molecular weight is 404 g/mol. The summed E-state index contributed by atoms with van der Waals surface area (Å²) in [4.78, 5) is 16.8. The number of hydrogen-bond donors (Lipinski definition) is 1. The van der Waals surface area contributed by atoms with Crippen LogP contribution in [-0.4, -0.2) is 61.4 Å². The molecule has 29 heavy (non-hydrogen) atoms. The van der Waals surface area contributed by atoms with E-state index >= 15 is 0 Å². The van der Waals surface area contributed by atoms with Crippen LogP contribution in [0.25, 0.3) is 0 Å². The van der Waals surface area contributed by atoms with Gasteiger partial charge in [0.2, 0.25) is 0 Å². The molecule has 2 fully saturated rings. The molecule has 3 aliphatic rings. The van der Waals surface area contributed by atoms with Crippen molar-refractivity contribution in [2.24, 2.45) is 0 Å². The van der Waals surface area contributed by atoms with Crippen LogP contribution < -0.4 is 5.32 Å². The number of morpholine rings is 1. The molecule has 4 rings (SSSR count). The first-order valence-corrected chi connectivity index (χ1v) is 11.0. The van der Waals surface area contributed by atoms with Crippen LogP contribution in [0.5, 0.6) is 0 Å². The predicted octanol–water partition coefficient (Wildman–Crippen LogP) is 3.56. The van der Waals surface area contributed by atoms with Crippen molar-refractivity contribution in [3.05, 3.63) is 34.4 Å². The molecule has 3 aliphatic heterocycles. The monoisotopic (exact) mass is 403 g/mol. The summed E-state index contributed by atoms with van der Waals surface area (Å²) < 4.78 is 19.2. The largest absolute Gasteiger partial charge is 0.378 e. The Kier molecular flexibility index (Phi) is 5.85. The first-order valence-electron chi connectivity index (χ1n) is 11.0. The second-order valence-corrected chi connectivity index (χ2v) is 9.65. The number of piperidine rings is 1. The molecule has 1 N–H and O–H groups in total. The van der Waals surface area contributed by atoms with E-state index in [1.165, 1.54) is 22.3 Å². The molecule has 0 aliphatic carbocycles. The zero-order valence-corrected chi connectivity index (χ0v) is 18.0. The maximum atomic E-state index is 13.5.